The molecule has 0 atom stereocenters. The Morgan fingerprint density at radius 3 is 2.38 bits per heavy atom. The molecule has 1 aromatic carbocycles. The van der Waals surface area contributed by atoms with Crippen LogP contribution in [0.4, 0.5) is 8.41 Å². The predicted molar refractivity (Wildman–Crippen MR) is 49.7 cm³/mol. The molecule has 0 aliphatic carbocycles. The Bertz CT molecular complexity index is 347. The molecule has 1 rings (SSSR count). The van der Waals surface area contributed by atoms with Crippen LogP contribution in [0.15, 0.2) is 35.2 Å². The Balaban J connectivity index is 2.88. The zero-order valence-corrected chi connectivity index (χ0v) is 8.41. The van der Waals surface area contributed by atoms with Crippen LogP contribution in [0.25, 0.3) is 0 Å². The zero-order valence-electron chi connectivity index (χ0n) is 6.78. The van der Waals surface area contributed by atoms with Crippen LogP contribution in [-0.2, 0) is 13.2 Å². The molecule has 0 bridgehead atoms. The van der Waals surface area contributed by atoms with Gasteiger partial charge in [0.25, 0.3) is 0 Å². The van der Waals surface area contributed by atoms with Gasteiger partial charge in [0.15, 0.2) is 0 Å². The summed E-state index contributed by atoms with van der Waals surface area (Å²) < 4.78 is 38.7. The summed E-state index contributed by atoms with van der Waals surface area (Å²) in [6, 6.07) is 8.00. The summed E-state index contributed by atoms with van der Waals surface area (Å²) in [7, 11) is -4.90. The van der Waals surface area contributed by atoms with Crippen molar-refractivity contribution in [3.8, 4) is 0 Å². The van der Waals surface area contributed by atoms with E-state index >= 15 is 0 Å². The van der Waals surface area contributed by atoms with Gasteiger partial charge in [0.1, 0.15) is 0 Å². The molecule has 0 saturated heterocycles. The van der Waals surface area contributed by atoms with Gasteiger partial charge in [-0.05, 0) is 21.0 Å². The molecular weight excluding hydrogens is 218 g/mol. The predicted octanol–water partition coefficient (Wildman–Crippen LogP) is 2.84. The Hall–Kier alpha value is -0.460. The molecule has 0 aliphatic heterocycles. The quantitative estimate of drug-likeness (QED) is 0.585. The first-order valence-electron chi connectivity index (χ1n) is 3.33. The van der Waals surface area contributed by atoms with E-state index in [0.29, 0.717) is 11.2 Å². The van der Waals surface area contributed by atoms with Gasteiger partial charge in [0.2, 0.25) is 0 Å². The van der Waals surface area contributed by atoms with E-state index in [2.05, 4.69) is 4.39 Å². The lowest BCUT2D eigenvalue weighted by molar-refractivity contribution is -0.00266. The van der Waals surface area contributed by atoms with Gasteiger partial charge in [-0.25, -0.2) is 0 Å². The van der Waals surface area contributed by atoms with E-state index in [0.717, 1.165) is 0 Å². The molecule has 0 amide bonds. The van der Waals surface area contributed by atoms with Gasteiger partial charge in [-0.2, -0.15) is 4.21 Å². The Morgan fingerprint density at radius 2 is 1.92 bits per heavy atom. The summed E-state index contributed by atoms with van der Waals surface area (Å²) in [5.41, 5.74) is 0. The molecule has 0 saturated carbocycles. The molecule has 6 heteroatoms. The fraction of sp³-hybridized carbons (Fsp3) is 0.143. The highest BCUT2D eigenvalue weighted by molar-refractivity contribution is 8.81. The van der Waals surface area contributed by atoms with E-state index in [-0.39, 0.29) is 10.8 Å². The van der Waals surface area contributed by atoms with E-state index in [1.54, 1.807) is 18.2 Å². The number of rotatable bonds is 3. The Labute approximate surface area is 78.5 Å². The summed E-state index contributed by atoms with van der Waals surface area (Å²) >= 11 is 0. The molecule has 0 heterocycles. The standard InChI is InChI=1S/C7H8F2O2S2/c1-13(9,10,11-8)12-7-5-3-2-4-6-7/h2-6H,1H3. The number of hydrogen-bond donors (Lipinski definition) is 0. The van der Waals surface area contributed by atoms with E-state index in [9.17, 15) is 12.6 Å². The summed E-state index contributed by atoms with van der Waals surface area (Å²) in [4.78, 5) is 0.349. The minimum atomic E-state index is -5.14. The van der Waals surface area contributed by atoms with Crippen LogP contribution in [0.1, 0.15) is 0 Å². The number of halogens is 2. The lowest BCUT2D eigenvalue weighted by atomic mass is 10.4. The fourth-order valence-corrected chi connectivity index (χ4v) is 3.09. The minimum Gasteiger partial charge on any atom is -0.166 e. The maximum atomic E-state index is 13.1. The third-order valence-electron chi connectivity index (χ3n) is 1.16. The summed E-state index contributed by atoms with van der Waals surface area (Å²) in [6.07, 6.45) is 0.592. The second kappa shape index (κ2) is 3.36. The largest absolute Gasteiger partial charge is 0.166 e. The molecule has 13 heavy (non-hydrogen) atoms. The van der Waals surface area contributed by atoms with E-state index in [1.165, 1.54) is 12.1 Å². The molecular formula is C7H8F2O2S2. The monoisotopic (exact) mass is 226 g/mol. The second-order valence-corrected chi connectivity index (χ2v) is 8.06. The van der Waals surface area contributed by atoms with E-state index in [1.807, 2.05) is 0 Å². The topological polar surface area (TPSA) is 26.3 Å². The third-order valence-corrected chi connectivity index (χ3v) is 4.10. The van der Waals surface area contributed by atoms with Crippen LogP contribution in [0.2, 0.25) is 0 Å². The van der Waals surface area contributed by atoms with Crippen molar-refractivity contribution in [2.24, 2.45) is 0 Å². The van der Waals surface area contributed by atoms with Crippen molar-refractivity contribution in [3.05, 3.63) is 30.3 Å². The van der Waals surface area contributed by atoms with Crippen molar-refractivity contribution in [1.29, 1.82) is 0 Å². The fourth-order valence-electron chi connectivity index (χ4n) is 0.700. The maximum absolute atomic E-state index is 13.1. The van der Waals surface area contributed by atoms with Crippen LogP contribution in [0.5, 0.6) is 0 Å². The lowest BCUT2D eigenvalue weighted by Crippen LogP contribution is -2.18. The van der Waals surface area contributed by atoms with Gasteiger partial charge in [0.05, 0.1) is 6.26 Å². The van der Waals surface area contributed by atoms with Crippen molar-refractivity contribution in [2.75, 3.05) is 6.26 Å². The van der Waals surface area contributed by atoms with Gasteiger partial charge in [0, 0.05) is 24.5 Å². The SMILES string of the molecule is CS(=O)(F)(OF)Sc1ccccc1. The van der Waals surface area contributed by atoms with Crippen molar-refractivity contribution in [3.63, 3.8) is 0 Å². The van der Waals surface area contributed by atoms with Crippen molar-refractivity contribution >= 4 is 19.6 Å². The molecule has 0 unspecified atom stereocenters. The Morgan fingerprint density at radius 1 is 1.38 bits per heavy atom. The van der Waals surface area contributed by atoms with Gasteiger partial charge in [-0.1, -0.05) is 22.1 Å². The first-order chi connectivity index (χ1) is 5.91. The van der Waals surface area contributed by atoms with Gasteiger partial charge in [-0.3, -0.25) is 0 Å². The molecule has 0 fully saturated rings. The van der Waals surface area contributed by atoms with Crippen LogP contribution >= 0.6 is 10.8 Å². The molecule has 74 valence electrons. The third kappa shape index (κ3) is 3.41. The first kappa shape index (κ1) is 10.6. The molecule has 1 aromatic rings. The first-order valence-corrected chi connectivity index (χ1v) is 6.87. The number of benzene rings is 1. The molecule has 2 nitrogen and oxygen atoms in total. The average Bonchev–Trinajstić information content (AvgIpc) is 2.05. The molecule has 0 aliphatic rings. The Kier molecular flexibility index (Phi) is 2.74. The summed E-state index contributed by atoms with van der Waals surface area (Å²) in [6.45, 7) is 0. The molecule has 0 N–H and O–H groups in total. The van der Waals surface area contributed by atoms with E-state index in [4.69, 9.17) is 0 Å². The number of hydrogen-bond acceptors (Lipinski definition) is 3. The highest BCUT2D eigenvalue weighted by Crippen LogP contribution is 2.44. The van der Waals surface area contributed by atoms with Crippen LogP contribution in [0.3, 0.4) is 0 Å². The summed E-state index contributed by atoms with van der Waals surface area (Å²) in [5.74, 6) is 0. The van der Waals surface area contributed by atoms with Gasteiger partial charge in [-0.15, -0.1) is 0 Å². The highest BCUT2D eigenvalue weighted by atomic mass is 33.2. The van der Waals surface area contributed by atoms with Crippen molar-refractivity contribution in [2.45, 2.75) is 4.90 Å². The van der Waals surface area contributed by atoms with Crippen molar-refractivity contribution < 1.29 is 17.0 Å². The minimum absolute atomic E-state index is 0.237. The summed E-state index contributed by atoms with van der Waals surface area (Å²) in [5, 5.41) is 0. The van der Waals surface area contributed by atoms with E-state index < -0.39 is 8.76 Å². The lowest BCUT2D eigenvalue weighted by Gasteiger charge is -2.27. The maximum Gasteiger partial charge on any atom is 0.0650 e. The molecule has 0 aromatic heterocycles. The zero-order chi connectivity index (χ0) is 9.97. The normalized spacial score (nSPS) is 14.8. The van der Waals surface area contributed by atoms with Crippen molar-refractivity contribution in [1.82, 2.24) is 0 Å². The highest BCUT2D eigenvalue weighted by Gasteiger charge is 2.27. The average molecular weight is 226 g/mol. The van der Waals surface area contributed by atoms with Gasteiger partial charge >= 0.3 is 0 Å². The second-order valence-electron chi connectivity index (χ2n) is 2.51. The van der Waals surface area contributed by atoms with Crippen LogP contribution < -0.4 is 0 Å². The smallest absolute Gasteiger partial charge is 0.0650 e. The molecule has 0 radical (unpaired) electrons. The van der Waals surface area contributed by atoms with Gasteiger partial charge < -0.3 is 0 Å². The molecule has 0 spiro atoms. The van der Waals surface area contributed by atoms with Crippen LogP contribution in [0, 0.1) is 0 Å². The van der Waals surface area contributed by atoms with Crippen LogP contribution in [-0.4, -0.2) is 10.5 Å².